The highest BCUT2D eigenvalue weighted by Crippen LogP contribution is 2.28. The summed E-state index contributed by atoms with van der Waals surface area (Å²) in [5, 5.41) is 18.7. The summed E-state index contributed by atoms with van der Waals surface area (Å²) in [6.07, 6.45) is -0.111. The molecule has 1 rings (SSSR count). The zero-order valence-corrected chi connectivity index (χ0v) is 8.40. The number of carboxylic acids is 1. The van der Waals surface area contributed by atoms with E-state index in [1.54, 1.807) is 6.92 Å². The maximum absolute atomic E-state index is 12.6. The van der Waals surface area contributed by atoms with Crippen LogP contribution < -0.4 is 0 Å². The van der Waals surface area contributed by atoms with Crippen molar-refractivity contribution in [1.82, 2.24) is 0 Å². The van der Waals surface area contributed by atoms with Crippen LogP contribution in [0.5, 0.6) is 0 Å². The molecule has 0 saturated heterocycles. The highest BCUT2D eigenvalue weighted by Gasteiger charge is 2.30. The van der Waals surface area contributed by atoms with Gasteiger partial charge in [0.05, 0.1) is 12.0 Å². The Labute approximate surface area is 87.2 Å². The summed E-state index contributed by atoms with van der Waals surface area (Å²) in [5.74, 6) is -1.49. The predicted octanol–water partition coefficient (Wildman–Crippen LogP) is 1.90. The van der Waals surface area contributed by atoms with Crippen molar-refractivity contribution in [1.29, 1.82) is 0 Å². The summed E-state index contributed by atoms with van der Waals surface area (Å²) >= 11 is 0. The third kappa shape index (κ3) is 2.76. The largest absolute Gasteiger partial charge is 0.481 e. The Kier molecular flexibility index (Phi) is 3.42. The van der Waals surface area contributed by atoms with Gasteiger partial charge in [-0.2, -0.15) is 0 Å². The highest BCUT2D eigenvalue weighted by molar-refractivity contribution is 5.68. The molecule has 0 aliphatic heterocycles. The minimum Gasteiger partial charge on any atom is -0.481 e. The van der Waals surface area contributed by atoms with Crippen LogP contribution in [0.15, 0.2) is 24.3 Å². The summed E-state index contributed by atoms with van der Waals surface area (Å²) in [6.45, 7) is 1.69. The fourth-order valence-electron chi connectivity index (χ4n) is 1.44. The molecule has 0 bridgehead atoms. The molecule has 2 N–H and O–H groups in total. The van der Waals surface area contributed by atoms with Crippen molar-refractivity contribution in [2.45, 2.75) is 25.4 Å². The van der Waals surface area contributed by atoms with Crippen LogP contribution in [0, 0.1) is 5.82 Å². The van der Waals surface area contributed by atoms with Crippen molar-refractivity contribution >= 4 is 5.97 Å². The molecule has 0 amide bonds. The van der Waals surface area contributed by atoms with E-state index in [0.717, 1.165) is 0 Å². The smallest absolute Gasteiger partial charge is 0.306 e. The van der Waals surface area contributed by atoms with Crippen molar-refractivity contribution in [3.05, 3.63) is 35.6 Å². The highest BCUT2D eigenvalue weighted by atomic mass is 19.1. The standard InChI is InChI=1S/C11H13FO3/c1-2-11(15,7-10(13)14)8-3-5-9(12)6-4-8/h3-6,15H,2,7H2,1H3,(H,13,14). The monoisotopic (exact) mass is 212 g/mol. The summed E-state index contributed by atoms with van der Waals surface area (Å²) in [7, 11) is 0. The van der Waals surface area contributed by atoms with Crippen molar-refractivity contribution in [2.75, 3.05) is 0 Å². The molecule has 4 heteroatoms. The van der Waals surface area contributed by atoms with Gasteiger partial charge in [0.2, 0.25) is 0 Å². The minimum absolute atomic E-state index is 0.269. The Morgan fingerprint density at radius 2 is 1.93 bits per heavy atom. The van der Waals surface area contributed by atoms with Crippen LogP contribution in [-0.2, 0) is 10.4 Å². The molecule has 1 unspecified atom stereocenters. The van der Waals surface area contributed by atoms with Gasteiger partial charge in [-0.25, -0.2) is 4.39 Å². The van der Waals surface area contributed by atoms with Crippen molar-refractivity contribution in [2.24, 2.45) is 0 Å². The van der Waals surface area contributed by atoms with Crippen LogP contribution in [0.4, 0.5) is 4.39 Å². The molecule has 1 atom stereocenters. The number of carboxylic acid groups (broad SMARTS) is 1. The van der Waals surface area contributed by atoms with E-state index in [0.29, 0.717) is 5.56 Å². The number of hydrogen-bond donors (Lipinski definition) is 2. The zero-order valence-electron chi connectivity index (χ0n) is 8.40. The number of hydrogen-bond acceptors (Lipinski definition) is 2. The molecular formula is C11H13FO3. The molecule has 0 aromatic heterocycles. The molecule has 0 heterocycles. The van der Waals surface area contributed by atoms with E-state index in [2.05, 4.69) is 0 Å². The van der Waals surface area contributed by atoms with Crippen molar-refractivity contribution in [3.63, 3.8) is 0 Å². The maximum Gasteiger partial charge on any atom is 0.306 e. The van der Waals surface area contributed by atoms with Crippen LogP contribution in [0.1, 0.15) is 25.3 Å². The molecule has 0 saturated carbocycles. The van der Waals surface area contributed by atoms with Crippen LogP contribution >= 0.6 is 0 Å². The van der Waals surface area contributed by atoms with Crippen molar-refractivity contribution in [3.8, 4) is 0 Å². The number of aliphatic hydroxyl groups is 1. The molecule has 0 fully saturated rings. The van der Waals surface area contributed by atoms with Gasteiger partial charge in [-0.15, -0.1) is 0 Å². The first-order valence-electron chi connectivity index (χ1n) is 4.68. The van der Waals surface area contributed by atoms with E-state index in [1.165, 1.54) is 24.3 Å². The van der Waals surface area contributed by atoms with Crippen LogP contribution in [0.3, 0.4) is 0 Å². The van der Waals surface area contributed by atoms with Gasteiger partial charge in [0.25, 0.3) is 0 Å². The second-order valence-electron chi connectivity index (χ2n) is 3.46. The van der Waals surface area contributed by atoms with Gasteiger partial charge in [-0.3, -0.25) is 4.79 Å². The molecule has 1 aromatic carbocycles. The second-order valence-corrected chi connectivity index (χ2v) is 3.46. The SMILES string of the molecule is CCC(O)(CC(=O)O)c1ccc(F)cc1. The summed E-state index contributed by atoms with van der Waals surface area (Å²) in [5.41, 5.74) is -0.992. The molecule has 0 spiro atoms. The summed E-state index contributed by atoms with van der Waals surface area (Å²) in [6, 6.07) is 5.22. The molecule has 0 aliphatic rings. The Morgan fingerprint density at radius 1 is 1.40 bits per heavy atom. The van der Waals surface area contributed by atoms with E-state index in [9.17, 15) is 14.3 Å². The Balaban J connectivity index is 3.00. The molecule has 82 valence electrons. The van der Waals surface area contributed by atoms with Gasteiger partial charge < -0.3 is 10.2 Å². The van der Waals surface area contributed by atoms with Gasteiger partial charge in [-0.05, 0) is 24.1 Å². The first kappa shape index (κ1) is 11.7. The van der Waals surface area contributed by atoms with E-state index < -0.39 is 17.4 Å². The predicted molar refractivity (Wildman–Crippen MR) is 52.8 cm³/mol. The Morgan fingerprint density at radius 3 is 2.33 bits per heavy atom. The normalized spacial score (nSPS) is 14.6. The van der Waals surface area contributed by atoms with E-state index >= 15 is 0 Å². The maximum atomic E-state index is 12.6. The fourth-order valence-corrected chi connectivity index (χ4v) is 1.44. The van der Waals surface area contributed by atoms with Crippen LogP contribution in [-0.4, -0.2) is 16.2 Å². The number of aliphatic carboxylic acids is 1. The molecular weight excluding hydrogens is 199 g/mol. The molecule has 1 aromatic rings. The fraction of sp³-hybridized carbons (Fsp3) is 0.364. The Hall–Kier alpha value is -1.42. The lowest BCUT2D eigenvalue weighted by Gasteiger charge is -2.25. The van der Waals surface area contributed by atoms with Gasteiger partial charge in [0, 0.05) is 0 Å². The lowest BCUT2D eigenvalue weighted by molar-refractivity contribution is -0.143. The quantitative estimate of drug-likeness (QED) is 0.801. The van der Waals surface area contributed by atoms with Crippen molar-refractivity contribution < 1.29 is 19.4 Å². The topological polar surface area (TPSA) is 57.5 Å². The first-order valence-corrected chi connectivity index (χ1v) is 4.68. The number of carbonyl (C=O) groups is 1. The lowest BCUT2D eigenvalue weighted by Crippen LogP contribution is -2.28. The van der Waals surface area contributed by atoms with Crippen LogP contribution in [0.2, 0.25) is 0 Å². The molecule has 0 radical (unpaired) electrons. The average Bonchev–Trinajstić information content (AvgIpc) is 2.17. The summed E-state index contributed by atoms with van der Waals surface area (Å²) < 4.78 is 12.6. The molecule has 0 aliphatic carbocycles. The minimum atomic E-state index is -1.42. The third-order valence-electron chi connectivity index (χ3n) is 2.41. The lowest BCUT2D eigenvalue weighted by atomic mass is 9.88. The number of benzene rings is 1. The van der Waals surface area contributed by atoms with E-state index in [-0.39, 0.29) is 12.8 Å². The van der Waals surface area contributed by atoms with Gasteiger partial charge in [0.15, 0.2) is 0 Å². The molecule has 15 heavy (non-hydrogen) atoms. The number of rotatable bonds is 4. The van der Waals surface area contributed by atoms with Gasteiger partial charge in [-0.1, -0.05) is 19.1 Å². The van der Waals surface area contributed by atoms with Crippen LogP contribution in [0.25, 0.3) is 0 Å². The number of halogens is 1. The average molecular weight is 212 g/mol. The second kappa shape index (κ2) is 4.40. The summed E-state index contributed by atoms with van der Waals surface area (Å²) in [4.78, 5) is 10.6. The van der Waals surface area contributed by atoms with Gasteiger partial charge in [0.1, 0.15) is 5.82 Å². The first-order chi connectivity index (χ1) is 6.98. The zero-order chi connectivity index (χ0) is 11.5. The Bertz CT molecular complexity index is 347. The molecule has 3 nitrogen and oxygen atoms in total. The van der Waals surface area contributed by atoms with E-state index in [4.69, 9.17) is 5.11 Å². The van der Waals surface area contributed by atoms with E-state index in [1.807, 2.05) is 0 Å². The third-order valence-corrected chi connectivity index (χ3v) is 2.41. The van der Waals surface area contributed by atoms with Gasteiger partial charge >= 0.3 is 5.97 Å².